The van der Waals surface area contributed by atoms with Crippen LogP contribution in [0, 0.1) is 5.82 Å². The molecule has 0 unspecified atom stereocenters. The van der Waals surface area contributed by atoms with Crippen molar-refractivity contribution in [3.05, 3.63) is 29.1 Å². The Morgan fingerprint density at radius 1 is 1.18 bits per heavy atom. The molecule has 3 aliphatic heterocycles. The number of carbonyl (C=O) groups is 1. The molecular formula is C16H20FN3O2. The van der Waals surface area contributed by atoms with Crippen molar-refractivity contribution in [2.45, 2.75) is 18.4 Å². The molecule has 1 amide bonds. The molecule has 2 saturated heterocycles. The second kappa shape index (κ2) is 5.21. The molecule has 2 fully saturated rings. The number of anilines is 1. The number of benzene rings is 1. The highest BCUT2D eigenvalue weighted by Gasteiger charge is 2.45. The smallest absolute Gasteiger partial charge is 0.252 e. The van der Waals surface area contributed by atoms with Crippen LogP contribution in [0.3, 0.4) is 0 Å². The van der Waals surface area contributed by atoms with Crippen LogP contribution in [0.15, 0.2) is 12.1 Å². The quantitative estimate of drug-likeness (QED) is 0.812. The molecule has 1 aromatic rings. The van der Waals surface area contributed by atoms with E-state index >= 15 is 0 Å². The third kappa shape index (κ3) is 2.09. The molecule has 0 radical (unpaired) electrons. The van der Waals surface area contributed by atoms with Crippen LogP contribution in [0.5, 0.6) is 0 Å². The molecule has 0 saturated carbocycles. The highest BCUT2D eigenvalue weighted by Crippen LogP contribution is 2.41. The number of nitrogens with zero attached hydrogens (tertiary/aromatic N) is 1. The predicted octanol–water partition coefficient (Wildman–Crippen LogP) is 0.984. The van der Waals surface area contributed by atoms with E-state index in [1.54, 1.807) is 6.07 Å². The zero-order valence-electron chi connectivity index (χ0n) is 12.5. The Morgan fingerprint density at radius 2 is 1.91 bits per heavy atom. The highest BCUT2D eigenvalue weighted by molar-refractivity contribution is 6.01. The summed E-state index contributed by atoms with van der Waals surface area (Å²) in [6.07, 6.45) is 1.47. The number of carbonyl (C=O) groups excluding carboxylic acids is 1. The molecule has 1 spiro atoms. The predicted molar refractivity (Wildman–Crippen MR) is 80.7 cm³/mol. The van der Waals surface area contributed by atoms with Crippen molar-refractivity contribution in [1.82, 2.24) is 10.6 Å². The van der Waals surface area contributed by atoms with Crippen molar-refractivity contribution in [3.63, 3.8) is 0 Å². The van der Waals surface area contributed by atoms with E-state index in [2.05, 4.69) is 15.5 Å². The first-order valence-corrected chi connectivity index (χ1v) is 7.90. The Labute approximate surface area is 128 Å². The van der Waals surface area contributed by atoms with Crippen LogP contribution in [0.4, 0.5) is 10.1 Å². The van der Waals surface area contributed by atoms with Gasteiger partial charge in [-0.05, 0) is 38.1 Å². The number of ether oxygens (including phenoxy) is 1. The van der Waals surface area contributed by atoms with Gasteiger partial charge in [0, 0.05) is 29.9 Å². The van der Waals surface area contributed by atoms with Gasteiger partial charge < -0.3 is 20.3 Å². The first kappa shape index (κ1) is 14.0. The van der Waals surface area contributed by atoms with Crippen molar-refractivity contribution in [1.29, 1.82) is 0 Å². The second-order valence-corrected chi connectivity index (χ2v) is 6.24. The van der Waals surface area contributed by atoms with Gasteiger partial charge in [0.05, 0.1) is 18.8 Å². The minimum atomic E-state index is -0.523. The topological polar surface area (TPSA) is 53.6 Å². The van der Waals surface area contributed by atoms with E-state index < -0.39 is 5.54 Å². The lowest BCUT2D eigenvalue weighted by atomic mass is 9.82. The van der Waals surface area contributed by atoms with Crippen molar-refractivity contribution >= 4 is 11.6 Å². The summed E-state index contributed by atoms with van der Waals surface area (Å²) in [7, 11) is 0. The Balaban J connectivity index is 1.75. The number of piperidine rings is 1. The Morgan fingerprint density at radius 3 is 2.64 bits per heavy atom. The van der Waals surface area contributed by atoms with Crippen LogP contribution in [0.25, 0.3) is 0 Å². The SMILES string of the molecule is O=C1NC2(CCNCC2)c2c(F)cc(N3CCOCC3)cc21. The van der Waals surface area contributed by atoms with Crippen molar-refractivity contribution in [3.8, 4) is 0 Å². The van der Waals surface area contributed by atoms with Gasteiger partial charge in [0.15, 0.2) is 0 Å². The van der Waals surface area contributed by atoms with E-state index in [-0.39, 0.29) is 11.7 Å². The first-order chi connectivity index (χ1) is 10.7. The second-order valence-electron chi connectivity index (χ2n) is 6.24. The molecule has 4 rings (SSSR count). The normalized spacial score (nSPS) is 23.5. The molecule has 118 valence electrons. The molecule has 2 N–H and O–H groups in total. The zero-order chi connectivity index (χ0) is 15.2. The molecule has 0 aliphatic carbocycles. The molecule has 6 heteroatoms. The molecule has 5 nitrogen and oxygen atoms in total. The number of nitrogens with one attached hydrogen (secondary N) is 2. The molecule has 3 aliphatic rings. The third-order valence-electron chi connectivity index (χ3n) is 4.98. The van der Waals surface area contributed by atoms with Gasteiger partial charge in [-0.15, -0.1) is 0 Å². The van der Waals surface area contributed by atoms with Crippen LogP contribution < -0.4 is 15.5 Å². The van der Waals surface area contributed by atoms with Gasteiger partial charge >= 0.3 is 0 Å². The molecule has 1 aromatic carbocycles. The monoisotopic (exact) mass is 305 g/mol. The maximum atomic E-state index is 14.8. The molecule has 22 heavy (non-hydrogen) atoms. The summed E-state index contributed by atoms with van der Waals surface area (Å²) in [4.78, 5) is 14.5. The van der Waals surface area contributed by atoms with Crippen LogP contribution in [0.1, 0.15) is 28.8 Å². The van der Waals surface area contributed by atoms with E-state index in [9.17, 15) is 9.18 Å². The number of rotatable bonds is 1. The summed E-state index contributed by atoms with van der Waals surface area (Å²) in [5.74, 6) is -0.412. The van der Waals surface area contributed by atoms with Crippen molar-refractivity contribution in [2.24, 2.45) is 0 Å². The number of hydrogen-bond donors (Lipinski definition) is 2. The fourth-order valence-corrected chi connectivity index (χ4v) is 3.84. The molecule has 0 aromatic heterocycles. The minimum absolute atomic E-state index is 0.147. The standard InChI is InChI=1S/C16H20FN3O2/c17-13-10-11(20-5-7-22-8-6-20)9-12-14(13)16(19-15(12)21)1-3-18-4-2-16/h9-10,18H,1-8H2,(H,19,21). The van der Waals surface area contributed by atoms with E-state index in [4.69, 9.17) is 4.74 Å². The number of amides is 1. The number of fused-ring (bicyclic) bond motifs is 2. The average molecular weight is 305 g/mol. The number of morpholine rings is 1. The van der Waals surface area contributed by atoms with Gasteiger partial charge in [0.1, 0.15) is 5.82 Å². The Hall–Kier alpha value is -1.66. The van der Waals surface area contributed by atoms with Crippen molar-refractivity contribution in [2.75, 3.05) is 44.3 Å². The summed E-state index contributed by atoms with van der Waals surface area (Å²) in [6.45, 7) is 4.33. The molecule has 0 bridgehead atoms. The summed E-state index contributed by atoms with van der Waals surface area (Å²) in [6, 6.07) is 3.42. The van der Waals surface area contributed by atoms with E-state index in [0.29, 0.717) is 24.3 Å². The van der Waals surface area contributed by atoms with E-state index in [1.165, 1.54) is 0 Å². The number of hydrogen-bond acceptors (Lipinski definition) is 4. The van der Waals surface area contributed by atoms with Gasteiger partial charge in [-0.1, -0.05) is 0 Å². The van der Waals surface area contributed by atoms with Gasteiger partial charge in [-0.25, -0.2) is 4.39 Å². The lowest BCUT2D eigenvalue weighted by Gasteiger charge is -2.35. The minimum Gasteiger partial charge on any atom is -0.378 e. The lowest BCUT2D eigenvalue weighted by molar-refractivity contribution is 0.0913. The summed E-state index contributed by atoms with van der Waals surface area (Å²) < 4.78 is 20.2. The zero-order valence-corrected chi connectivity index (χ0v) is 12.5. The van der Waals surface area contributed by atoms with Gasteiger partial charge in [0.2, 0.25) is 0 Å². The third-order valence-corrected chi connectivity index (χ3v) is 4.98. The number of halogens is 1. The fraction of sp³-hybridized carbons (Fsp3) is 0.562. The van der Waals surface area contributed by atoms with E-state index in [0.717, 1.165) is 44.7 Å². The van der Waals surface area contributed by atoms with Gasteiger partial charge in [0.25, 0.3) is 5.91 Å². The van der Waals surface area contributed by atoms with Gasteiger partial charge in [-0.3, -0.25) is 4.79 Å². The van der Waals surface area contributed by atoms with Crippen molar-refractivity contribution < 1.29 is 13.9 Å². The molecule has 0 atom stereocenters. The highest BCUT2D eigenvalue weighted by atomic mass is 19.1. The molecule has 3 heterocycles. The van der Waals surface area contributed by atoms with Gasteiger partial charge in [-0.2, -0.15) is 0 Å². The Kier molecular flexibility index (Phi) is 3.31. The summed E-state index contributed by atoms with van der Waals surface area (Å²) in [5, 5.41) is 6.31. The van der Waals surface area contributed by atoms with E-state index in [1.807, 2.05) is 6.07 Å². The summed E-state index contributed by atoms with van der Waals surface area (Å²) in [5.41, 5.74) is 1.32. The summed E-state index contributed by atoms with van der Waals surface area (Å²) >= 11 is 0. The maximum absolute atomic E-state index is 14.8. The molecular weight excluding hydrogens is 285 g/mol. The lowest BCUT2D eigenvalue weighted by Crippen LogP contribution is -2.48. The first-order valence-electron chi connectivity index (χ1n) is 7.90. The maximum Gasteiger partial charge on any atom is 0.252 e. The average Bonchev–Trinajstić information content (AvgIpc) is 2.81. The van der Waals surface area contributed by atoms with Crippen LogP contribution >= 0.6 is 0 Å². The largest absolute Gasteiger partial charge is 0.378 e. The van der Waals surface area contributed by atoms with Crippen LogP contribution in [-0.4, -0.2) is 45.3 Å². The Bertz CT molecular complexity index is 608. The fourth-order valence-electron chi connectivity index (χ4n) is 3.84. The van der Waals surface area contributed by atoms with Crippen LogP contribution in [0.2, 0.25) is 0 Å². The van der Waals surface area contributed by atoms with Crippen LogP contribution in [-0.2, 0) is 10.3 Å².